The van der Waals surface area contributed by atoms with E-state index in [0.717, 1.165) is 0 Å². The summed E-state index contributed by atoms with van der Waals surface area (Å²) in [6, 6.07) is 9.26. The molecule has 0 spiro atoms. The van der Waals surface area contributed by atoms with Gasteiger partial charge in [-0.1, -0.05) is 6.07 Å². The van der Waals surface area contributed by atoms with Crippen molar-refractivity contribution < 1.29 is 24.0 Å². The minimum Gasteiger partial charge on any atom is -0.497 e. The SMILES string of the molecule is COc1ccc(OC)c(/C=N\NC(=O)CNC(=O)c2cccc([N+](=O)[O-])c2C)c1. The van der Waals surface area contributed by atoms with E-state index in [0.29, 0.717) is 17.1 Å². The Bertz CT molecular complexity index is 958. The molecule has 2 aromatic carbocycles. The van der Waals surface area contributed by atoms with Crippen molar-refractivity contribution in [1.82, 2.24) is 10.7 Å². The first-order valence-corrected chi connectivity index (χ1v) is 8.43. The first-order valence-electron chi connectivity index (χ1n) is 8.43. The molecule has 0 aliphatic carbocycles. The third-order valence-electron chi connectivity index (χ3n) is 3.99. The van der Waals surface area contributed by atoms with E-state index in [1.165, 1.54) is 45.6 Å². The van der Waals surface area contributed by atoms with Crippen molar-refractivity contribution in [3.63, 3.8) is 0 Å². The van der Waals surface area contributed by atoms with E-state index < -0.39 is 16.7 Å². The molecule has 2 aromatic rings. The summed E-state index contributed by atoms with van der Waals surface area (Å²) >= 11 is 0. The van der Waals surface area contributed by atoms with Crippen LogP contribution in [-0.2, 0) is 4.79 Å². The molecule has 0 atom stereocenters. The van der Waals surface area contributed by atoms with Gasteiger partial charge in [-0.2, -0.15) is 5.10 Å². The molecule has 10 heteroatoms. The predicted octanol–water partition coefficient (Wildman–Crippen LogP) is 1.80. The summed E-state index contributed by atoms with van der Waals surface area (Å²) < 4.78 is 10.3. The Kier molecular flexibility index (Phi) is 7.24. The summed E-state index contributed by atoms with van der Waals surface area (Å²) in [5, 5.41) is 17.2. The lowest BCUT2D eigenvalue weighted by molar-refractivity contribution is -0.385. The number of nitro benzene ring substituents is 1. The maximum Gasteiger partial charge on any atom is 0.273 e. The van der Waals surface area contributed by atoms with Gasteiger partial charge in [-0.25, -0.2) is 5.43 Å². The van der Waals surface area contributed by atoms with Gasteiger partial charge in [0.05, 0.1) is 31.9 Å². The van der Waals surface area contributed by atoms with Crippen molar-refractivity contribution >= 4 is 23.7 Å². The number of carbonyl (C=O) groups is 2. The van der Waals surface area contributed by atoms with Crippen molar-refractivity contribution in [3.05, 3.63) is 63.2 Å². The highest BCUT2D eigenvalue weighted by atomic mass is 16.6. The zero-order valence-corrected chi connectivity index (χ0v) is 16.1. The third kappa shape index (κ3) is 5.51. The molecule has 29 heavy (non-hydrogen) atoms. The van der Waals surface area contributed by atoms with Crippen LogP contribution in [0.1, 0.15) is 21.5 Å². The van der Waals surface area contributed by atoms with E-state index >= 15 is 0 Å². The van der Waals surface area contributed by atoms with Crippen molar-refractivity contribution in [2.24, 2.45) is 5.10 Å². The number of hydrazone groups is 1. The Labute approximate surface area is 166 Å². The topological polar surface area (TPSA) is 132 Å². The fourth-order valence-electron chi connectivity index (χ4n) is 2.48. The lowest BCUT2D eigenvalue weighted by Crippen LogP contribution is -2.35. The van der Waals surface area contributed by atoms with Crippen LogP contribution >= 0.6 is 0 Å². The van der Waals surface area contributed by atoms with Crippen LogP contribution in [0, 0.1) is 17.0 Å². The number of carbonyl (C=O) groups excluding carboxylic acids is 2. The van der Waals surface area contributed by atoms with E-state index in [4.69, 9.17) is 9.47 Å². The summed E-state index contributed by atoms with van der Waals surface area (Å²) in [5.74, 6) is -0.0317. The van der Waals surface area contributed by atoms with Gasteiger partial charge in [0, 0.05) is 22.8 Å². The second kappa shape index (κ2) is 9.83. The van der Waals surface area contributed by atoms with Crippen LogP contribution in [-0.4, -0.2) is 43.7 Å². The molecule has 0 saturated heterocycles. The number of hydrogen-bond donors (Lipinski definition) is 2. The minimum atomic E-state index is -0.597. The van der Waals surface area contributed by atoms with E-state index in [1.807, 2.05) is 0 Å². The summed E-state index contributed by atoms with van der Waals surface area (Å²) in [5.41, 5.74) is 3.04. The number of nitrogens with one attached hydrogen (secondary N) is 2. The number of ether oxygens (including phenoxy) is 2. The molecule has 2 rings (SSSR count). The van der Waals surface area contributed by atoms with Crippen LogP contribution in [0.4, 0.5) is 5.69 Å². The highest BCUT2D eigenvalue weighted by Gasteiger charge is 2.18. The Morgan fingerprint density at radius 1 is 1.21 bits per heavy atom. The molecule has 10 nitrogen and oxygen atoms in total. The molecule has 0 aromatic heterocycles. The molecular formula is C19H20N4O6. The van der Waals surface area contributed by atoms with Gasteiger partial charge in [0.1, 0.15) is 11.5 Å². The standard InChI is InChI=1S/C19H20N4O6/c1-12-15(5-4-6-16(12)23(26)27)19(25)20-11-18(24)22-21-10-13-9-14(28-2)7-8-17(13)29-3/h4-10H,11H2,1-3H3,(H,20,25)(H,22,24)/b21-10-. The van der Waals surface area contributed by atoms with Gasteiger partial charge in [0.2, 0.25) is 0 Å². The highest BCUT2D eigenvalue weighted by molar-refractivity contribution is 5.98. The number of rotatable bonds is 8. The number of amides is 2. The van der Waals surface area contributed by atoms with E-state index in [-0.39, 0.29) is 23.4 Å². The fraction of sp³-hybridized carbons (Fsp3) is 0.211. The third-order valence-corrected chi connectivity index (χ3v) is 3.99. The summed E-state index contributed by atoms with van der Waals surface area (Å²) in [7, 11) is 3.03. The quantitative estimate of drug-likeness (QED) is 0.394. The molecule has 0 saturated carbocycles. The highest BCUT2D eigenvalue weighted by Crippen LogP contribution is 2.22. The molecule has 0 aliphatic rings. The Morgan fingerprint density at radius 2 is 1.97 bits per heavy atom. The summed E-state index contributed by atoms with van der Waals surface area (Å²) in [6.07, 6.45) is 1.38. The lowest BCUT2D eigenvalue weighted by Gasteiger charge is -2.08. The van der Waals surface area contributed by atoms with Crippen LogP contribution in [0.2, 0.25) is 0 Å². The fourth-order valence-corrected chi connectivity index (χ4v) is 2.48. The maximum absolute atomic E-state index is 12.2. The van der Waals surface area contributed by atoms with E-state index in [9.17, 15) is 19.7 Å². The monoisotopic (exact) mass is 400 g/mol. The molecule has 152 valence electrons. The van der Waals surface area contributed by atoms with Gasteiger partial charge in [0.25, 0.3) is 17.5 Å². The Hall–Kier alpha value is -3.95. The number of nitro groups is 1. The first-order chi connectivity index (χ1) is 13.9. The molecular weight excluding hydrogens is 380 g/mol. The number of hydrogen-bond acceptors (Lipinski definition) is 7. The second-order valence-corrected chi connectivity index (χ2v) is 5.79. The average molecular weight is 400 g/mol. The largest absolute Gasteiger partial charge is 0.497 e. The van der Waals surface area contributed by atoms with Crippen molar-refractivity contribution in [1.29, 1.82) is 0 Å². The van der Waals surface area contributed by atoms with Crippen molar-refractivity contribution in [2.45, 2.75) is 6.92 Å². The van der Waals surface area contributed by atoms with E-state index in [2.05, 4.69) is 15.8 Å². The zero-order chi connectivity index (χ0) is 21.4. The van der Waals surface area contributed by atoms with Crippen LogP contribution in [0.3, 0.4) is 0 Å². The molecule has 2 amide bonds. The normalized spacial score (nSPS) is 10.4. The van der Waals surface area contributed by atoms with Crippen LogP contribution in [0.25, 0.3) is 0 Å². The van der Waals surface area contributed by atoms with Gasteiger partial charge in [0.15, 0.2) is 0 Å². The van der Waals surface area contributed by atoms with E-state index in [1.54, 1.807) is 18.2 Å². The van der Waals surface area contributed by atoms with Gasteiger partial charge in [-0.05, 0) is 31.2 Å². The van der Waals surface area contributed by atoms with Crippen molar-refractivity contribution in [3.8, 4) is 11.5 Å². The predicted molar refractivity (Wildman–Crippen MR) is 105 cm³/mol. The van der Waals surface area contributed by atoms with Gasteiger partial charge < -0.3 is 14.8 Å². The van der Waals surface area contributed by atoms with Gasteiger partial charge >= 0.3 is 0 Å². The number of methoxy groups -OCH3 is 2. The molecule has 2 N–H and O–H groups in total. The zero-order valence-electron chi connectivity index (χ0n) is 16.1. The molecule has 0 aliphatic heterocycles. The first kappa shape index (κ1) is 21.4. The van der Waals surface area contributed by atoms with Crippen molar-refractivity contribution in [2.75, 3.05) is 20.8 Å². The molecule has 0 bridgehead atoms. The molecule has 0 unspecified atom stereocenters. The van der Waals surface area contributed by atoms with Crippen LogP contribution < -0.4 is 20.2 Å². The van der Waals surface area contributed by atoms with Gasteiger partial charge in [-0.3, -0.25) is 19.7 Å². The lowest BCUT2D eigenvalue weighted by atomic mass is 10.1. The summed E-state index contributed by atoms with van der Waals surface area (Å²) in [6.45, 7) is 1.12. The molecule has 0 heterocycles. The molecule has 0 radical (unpaired) electrons. The maximum atomic E-state index is 12.2. The van der Waals surface area contributed by atoms with Gasteiger partial charge in [-0.15, -0.1) is 0 Å². The number of benzene rings is 2. The van der Waals surface area contributed by atoms with Crippen LogP contribution in [0.15, 0.2) is 41.5 Å². The van der Waals surface area contributed by atoms with Crippen LogP contribution in [0.5, 0.6) is 11.5 Å². The Balaban J connectivity index is 1.96. The Morgan fingerprint density at radius 3 is 2.62 bits per heavy atom. The summed E-state index contributed by atoms with van der Waals surface area (Å²) in [4.78, 5) is 34.5. The second-order valence-electron chi connectivity index (χ2n) is 5.79. The number of nitrogens with zero attached hydrogens (tertiary/aromatic N) is 2. The molecule has 0 fully saturated rings. The minimum absolute atomic E-state index is 0.122. The average Bonchev–Trinajstić information content (AvgIpc) is 2.71. The smallest absolute Gasteiger partial charge is 0.273 e.